The van der Waals surface area contributed by atoms with Gasteiger partial charge in [-0.05, 0) is 23.6 Å². The van der Waals surface area contributed by atoms with Gasteiger partial charge in [-0.1, -0.05) is 91.0 Å². The second-order valence-corrected chi connectivity index (χ2v) is 7.44. The number of hydrogen-bond acceptors (Lipinski definition) is 2. The fourth-order valence-electron chi connectivity index (χ4n) is 3.76. The number of esters is 1. The van der Waals surface area contributed by atoms with Gasteiger partial charge in [-0.15, -0.1) is 0 Å². The van der Waals surface area contributed by atoms with E-state index in [0.717, 1.165) is 28.8 Å². The van der Waals surface area contributed by atoms with E-state index in [4.69, 9.17) is 4.74 Å². The maximum Gasteiger partial charge on any atom is 0.344 e. The van der Waals surface area contributed by atoms with Crippen molar-refractivity contribution in [2.75, 3.05) is 6.61 Å². The van der Waals surface area contributed by atoms with Crippen LogP contribution >= 0.6 is 0 Å². The lowest BCUT2D eigenvalue weighted by molar-refractivity contribution is -0.693. The summed E-state index contributed by atoms with van der Waals surface area (Å²) in [5, 5.41) is 0. The van der Waals surface area contributed by atoms with Crippen molar-refractivity contribution in [3.63, 3.8) is 0 Å². The van der Waals surface area contributed by atoms with Gasteiger partial charge in [-0.2, -0.15) is 0 Å². The van der Waals surface area contributed by atoms with Crippen molar-refractivity contribution in [2.45, 2.75) is 19.4 Å². The number of carbonyl (C=O) groups excluding carboxylic acids is 1. The Morgan fingerprint density at radius 2 is 1.34 bits per heavy atom. The zero-order chi connectivity index (χ0) is 21.5. The number of carbonyl (C=O) groups is 1. The molecule has 32 heavy (non-hydrogen) atoms. The lowest BCUT2D eigenvalue weighted by Crippen LogP contribution is -3.00. The van der Waals surface area contributed by atoms with Crippen LogP contribution in [0.25, 0.3) is 11.1 Å². The fraction of sp³-hybridized carbons (Fsp3) is 0.143. The molecule has 1 aromatic heterocycles. The van der Waals surface area contributed by atoms with Gasteiger partial charge >= 0.3 is 5.97 Å². The van der Waals surface area contributed by atoms with Crippen LogP contribution in [-0.4, -0.2) is 12.6 Å². The number of halogens is 1. The van der Waals surface area contributed by atoms with Crippen molar-refractivity contribution in [3.8, 4) is 11.1 Å². The number of pyridine rings is 1. The molecule has 0 aliphatic heterocycles. The van der Waals surface area contributed by atoms with Gasteiger partial charge in [0.05, 0.1) is 0 Å². The molecule has 0 aliphatic carbocycles. The van der Waals surface area contributed by atoms with E-state index in [1.54, 1.807) is 0 Å². The minimum absolute atomic E-state index is 0. The molecule has 4 rings (SSSR count). The van der Waals surface area contributed by atoms with Gasteiger partial charge in [0, 0.05) is 17.5 Å². The number of ether oxygens (including phenoxy) is 1. The molecule has 0 spiro atoms. The molecule has 0 amide bonds. The van der Waals surface area contributed by atoms with E-state index in [2.05, 4.69) is 31.2 Å². The van der Waals surface area contributed by atoms with Gasteiger partial charge in [0.25, 0.3) is 0 Å². The molecule has 0 aliphatic rings. The Balaban J connectivity index is 0.00000289. The Morgan fingerprint density at radius 3 is 1.88 bits per heavy atom. The molecule has 1 heterocycles. The van der Waals surface area contributed by atoms with Crippen molar-refractivity contribution < 1.29 is 38.1 Å². The van der Waals surface area contributed by atoms with Crippen molar-refractivity contribution in [1.82, 2.24) is 0 Å². The maximum atomic E-state index is 13.2. The van der Waals surface area contributed by atoms with E-state index in [0.29, 0.717) is 5.56 Å². The first-order valence-corrected chi connectivity index (χ1v) is 10.6. The third-order valence-corrected chi connectivity index (χ3v) is 5.47. The maximum absolute atomic E-state index is 13.2. The third kappa shape index (κ3) is 5.62. The summed E-state index contributed by atoms with van der Waals surface area (Å²) < 4.78 is 7.90. The van der Waals surface area contributed by atoms with Gasteiger partial charge in [-0.25, -0.2) is 9.36 Å². The first kappa shape index (κ1) is 23.7. The number of aryl methyl sites for hydroxylation is 1. The molecule has 0 atom stereocenters. The number of hydrogen-bond donors (Lipinski definition) is 0. The number of rotatable bonds is 7. The molecule has 0 saturated heterocycles. The van der Waals surface area contributed by atoms with Gasteiger partial charge in [0.2, 0.25) is 0 Å². The zero-order valence-electron chi connectivity index (χ0n) is 18.0. The van der Waals surface area contributed by atoms with E-state index >= 15 is 0 Å². The molecule has 0 N–H and O–H groups in total. The summed E-state index contributed by atoms with van der Waals surface area (Å²) in [6, 6.07) is 32.3. The van der Waals surface area contributed by atoms with Crippen LogP contribution in [0.2, 0.25) is 0 Å². The highest BCUT2D eigenvalue weighted by atomic mass is 127. The highest BCUT2D eigenvalue weighted by molar-refractivity contribution is 5.96. The van der Waals surface area contributed by atoms with Gasteiger partial charge < -0.3 is 28.7 Å². The molecule has 0 radical (unpaired) electrons. The second kappa shape index (κ2) is 11.6. The Kier molecular flexibility index (Phi) is 8.56. The van der Waals surface area contributed by atoms with E-state index in [1.807, 2.05) is 89.8 Å². The highest BCUT2D eigenvalue weighted by Crippen LogP contribution is 2.27. The molecule has 3 aromatic carbocycles. The zero-order valence-corrected chi connectivity index (χ0v) is 20.2. The van der Waals surface area contributed by atoms with Crippen LogP contribution in [0, 0.1) is 0 Å². The number of benzene rings is 3. The summed E-state index contributed by atoms with van der Waals surface area (Å²) in [4.78, 5) is 13.2. The Bertz CT molecular complexity index is 1090. The molecule has 162 valence electrons. The first-order valence-electron chi connectivity index (χ1n) is 10.6. The Hall–Kier alpha value is -2.99. The van der Waals surface area contributed by atoms with E-state index in [1.165, 1.54) is 0 Å². The number of nitrogens with zero attached hydrogens (tertiary/aromatic N) is 1. The van der Waals surface area contributed by atoms with Crippen LogP contribution < -0.4 is 28.5 Å². The van der Waals surface area contributed by atoms with Crippen LogP contribution in [-0.2, 0) is 11.3 Å². The molecule has 0 fully saturated rings. The van der Waals surface area contributed by atoms with Crippen LogP contribution in [0.3, 0.4) is 0 Å². The summed E-state index contributed by atoms with van der Waals surface area (Å²) in [6.45, 7) is 3.12. The minimum Gasteiger partial charge on any atom is -1.00 e. The monoisotopic (exact) mass is 535 g/mol. The Morgan fingerprint density at radius 1 is 0.812 bits per heavy atom. The smallest absolute Gasteiger partial charge is 0.344 e. The third-order valence-electron chi connectivity index (χ3n) is 5.47. The van der Waals surface area contributed by atoms with Crippen LogP contribution in [0.4, 0.5) is 0 Å². The average molecular weight is 535 g/mol. The normalized spacial score (nSPS) is 10.4. The molecule has 4 aromatic rings. The van der Waals surface area contributed by atoms with Gasteiger partial charge in [-0.3, -0.25) is 0 Å². The summed E-state index contributed by atoms with van der Waals surface area (Å²) >= 11 is 0. The fourth-order valence-corrected chi connectivity index (χ4v) is 3.76. The molecule has 0 unspecified atom stereocenters. The topological polar surface area (TPSA) is 30.2 Å². The number of aromatic nitrogens is 1. The van der Waals surface area contributed by atoms with Crippen LogP contribution in [0.5, 0.6) is 0 Å². The van der Waals surface area contributed by atoms with Crippen molar-refractivity contribution in [1.29, 1.82) is 0 Å². The SMILES string of the molecule is CC[n+]1ccc(-c2ccccc2)c(C(=O)OCC(c2ccccc2)c2ccccc2)c1.[I-]. The summed E-state index contributed by atoms with van der Waals surface area (Å²) in [5.74, 6) is -0.327. The summed E-state index contributed by atoms with van der Waals surface area (Å²) in [7, 11) is 0. The lowest BCUT2D eigenvalue weighted by Gasteiger charge is -2.18. The van der Waals surface area contributed by atoms with E-state index in [-0.39, 0.29) is 42.5 Å². The second-order valence-electron chi connectivity index (χ2n) is 7.44. The summed E-state index contributed by atoms with van der Waals surface area (Å²) in [5.41, 5.74) is 4.71. The predicted molar refractivity (Wildman–Crippen MR) is 123 cm³/mol. The molecule has 4 heteroatoms. The van der Waals surface area contributed by atoms with Crippen molar-refractivity contribution in [3.05, 3.63) is 126 Å². The van der Waals surface area contributed by atoms with Gasteiger partial charge in [0.15, 0.2) is 12.4 Å². The standard InChI is InChI=1S/C28H26NO2.HI/c1-2-29-19-18-25(22-12-6-3-7-13-22)26(20-29)28(30)31-21-27(23-14-8-4-9-15-23)24-16-10-5-11-17-24;/h3-20,27H,2,21H2,1H3;1H/q+1;/p-1. The predicted octanol–water partition coefficient (Wildman–Crippen LogP) is 2.65. The molecular weight excluding hydrogens is 509 g/mol. The van der Waals surface area contributed by atoms with E-state index < -0.39 is 0 Å². The quantitative estimate of drug-likeness (QED) is 0.207. The highest BCUT2D eigenvalue weighted by Gasteiger charge is 2.22. The average Bonchev–Trinajstić information content (AvgIpc) is 2.85. The van der Waals surface area contributed by atoms with Gasteiger partial charge in [0.1, 0.15) is 18.7 Å². The van der Waals surface area contributed by atoms with Crippen LogP contribution in [0.1, 0.15) is 34.3 Å². The van der Waals surface area contributed by atoms with Crippen molar-refractivity contribution in [2.24, 2.45) is 0 Å². The molecular formula is C28H26INO2. The summed E-state index contributed by atoms with van der Waals surface area (Å²) in [6.07, 6.45) is 3.88. The lowest BCUT2D eigenvalue weighted by atomic mass is 9.92. The molecule has 0 bridgehead atoms. The minimum atomic E-state index is -0.307. The van der Waals surface area contributed by atoms with Crippen LogP contribution in [0.15, 0.2) is 109 Å². The Labute approximate surface area is 206 Å². The first-order chi connectivity index (χ1) is 15.3. The molecule has 0 saturated carbocycles. The van der Waals surface area contributed by atoms with E-state index in [9.17, 15) is 4.79 Å². The largest absolute Gasteiger partial charge is 1.00 e. The van der Waals surface area contributed by atoms with Crippen molar-refractivity contribution >= 4 is 5.97 Å². The molecule has 3 nitrogen and oxygen atoms in total.